The molecule has 4 heteroatoms. The summed E-state index contributed by atoms with van der Waals surface area (Å²) in [5.41, 5.74) is 0. The van der Waals surface area contributed by atoms with Crippen LogP contribution in [0.3, 0.4) is 0 Å². The largest absolute Gasteiger partial charge is 0.378 e. The minimum Gasteiger partial charge on any atom is -0.378 e. The fourth-order valence-electron chi connectivity index (χ4n) is 2.83. The molecule has 17 heavy (non-hydrogen) atoms. The standard InChI is InChI=1S/C13H24N2O2/c1-10-3-2-4-11(7-10)15-13(16)8-12-9-17-6-5-14-12/h10-12,14H,2-9H2,1H3,(H,15,16). The van der Waals surface area contributed by atoms with Gasteiger partial charge >= 0.3 is 0 Å². The van der Waals surface area contributed by atoms with Gasteiger partial charge in [0.1, 0.15) is 0 Å². The Morgan fingerprint density at radius 1 is 1.47 bits per heavy atom. The van der Waals surface area contributed by atoms with E-state index in [2.05, 4.69) is 17.6 Å². The van der Waals surface area contributed by atoms with Crippen LogP contribution in [0, 0.1) is 5.92 Å². The quantitative estimate of drug-likeness (QED) is 0.775. The normalized spacial score (nSPS) is 34.3. The number of ether oxygens (including phenoxy) is 1. The van der Waals surface area contributed by atoms with Gasteiger partial charge in [0.15, 0.2) is 0 Å². The van der Waals surface area contributed by atoms with Gasteiger partial charge in [-0.25, -0.2) is 0 Å². The predicted octanol–water partition coefficient (Wildman–Crippen LogP) is 1.06. The lowest BCUT2D eigenvalue weighted by atomic mass is 9.87. The van der Waals surface area contributed by atoms with Gasteiger partial charge < -0.3 is 15.4 Å². The Balaban J connectivity index is 1.68. The molecule has 2 fully saturated rings. The molecule has 0 spiro atoms. The summed E-state index contributed by atoms with van der Waals surface area (Å²) >= 11 is 0. The molecule has 1 amide bonds. The zero-order valence-corrected chi connectivity index (χ0v) is 10.7. The molecule has 1 saturated carbocycles. The van der Waals surface area contributed by atoms with Gasteiger partial charge in [-0.2, -0.15) is 0 Å². The Kier molecular flexibility index (Phi) is 4.80. The predicted molar refractivity (Wildman–Crippen MR) is 66.8 cm³/mol. The van der Waals surface area contributed by atoms with Crippen molar-refractivity contribution in [2.45, 2.75) is 51.1 Å². The molecule has 0 bridgehead atoms. The molecule has 1 heterocycles. The number of morpholine rings is 1. The lowest BCUT2D eigenvalue weighted by Gasteiger charge is -2.29. The summed E-state index contributed by atoms with van der Waals surface area (Å²) in [4.78, 5) is 11.9. The maximum absolute atomic E-state index is 11.9. The van der Waals surface area contributed by atoms with Crippen LogP contribution in [0.25, 0.3) is 0 Å². The van der Waals surface area contributed by atoms with Crippen LogP contribution in [0.15, 0.2) is 0 Å². The van der Waals surface area contributed by atoms with Crippen LogP contribution in [0.2, 0.25) is 0 Å². The summed E-state index contributed by atoms with van der Waals surface area (Å²) in [6.45, 7) is 4.56. The second kappa shape index (κ2) is 6.36. The van der Waals surface area contributed by atoms with Crippen molar-refractivity contribution < 1.29 is 9.53 Å². The van der Waals surface area contributed by atoms with Crippen molar-refractivity contribution in [3.63, 3.8) is 0 Å². The van der Waals surface area contributed by atoms with Crippen LogP contribution < -0.4 is 10.6 Å². The first kappa shape index (κ1) is 12.8. The molecule has 1 saturated heterocycles. The molecule has 3 unspecified atom stereocenters. The number of carbonyl (C=O) groups excluding carboxylic acids is 1. The first-order valence-electron chi connectivity index (χ1n) is 6.84. The molecule has 0 aromatic heterocycles. The summed E-state index contributed by atoms with van der Waals surface area (Å²) in [6, 6.07) is 0.598. The minimum atomic E-state index is 0.173. The summed E-state index contributed by atoms with van der Waals surface area (Å²) in [7, 11) is 0. The van der Waals surface area contributed by atoms with Crippen LogP contribution in [-0.4, -0.2) is 37.7 Å². The van der Waals surface area contributed by atoms with Gasteiger partial charge in [0.05, 0.1) is 13.2 Å². The van der Waals surface area contributed by atoms with E-state index >= 15 is 0 Å². The molecule has 0 aromatic rings. The SMILES string of the molecule is CC1CCCC(NC(=O)CC2COCCN2)C1. The maximum Gasteiger partial charge on any atom is 0.221 e. The molecular formula is C13H24N2O2. The molecule has 0 radical (unpaired) electrons. The first-order valence-corrected chi connectivity index (χ1v) is 6.84. The lowest BCUT2D eigenvalue weighted by molar-refractivity contribution is -0.123. The van der Waals surface area contributed by atoms with Crippen molar-refractivity contribution in [2.75, 3.05) is 19.8 Å². The van der Waals surface area contributed by atoms with E-state index in [0.717, 1.165) is 31.9 Å². The minimum absolute atomic E-state index is 0.173. The molecule has 2 N–H and O–H groups in total. The monoisotopic (exact) mass is 240 g/mol. The Morgan fingerprint density at radius 3 is 3.06 bits per heavy atom. The molecular weight excluding hydrogens is 216 g/mol. The molecule has 98 valence electrons. The zero-order chi connectivity index (χ0) is 12.1. The third kappa shape index (κ3) is 4.28. The van der Waals surface area contributed by atoms with E-state index < -0.39 is 0 Å². The Hall–Kier alpha value is -0.610. The fourth-order valence-corrected chi connectivity index (χ4v) is 2.83. The van der Waals surface area contributed by atoms with Gasteiger partial charge in [0.2, 0.25) is 5.91 Å². The van der Waals surface area contributed by atoms with Crippen LogP contribution in [0.1, 0.15) is 39.0 Å². The summed E-state index contributed by atoms with van der Waals surface area (Å²) in [6.07, 6.45) is 5.39. The van der Waals surface area contributed by atoms with E-state index in [4.69, 9.17) is 4.74 Å². The third-order valence-electron chi connectivity index (χ3n) is 3.73. The lowest BCUT2D eigenvalue weighted by Crippen LogP contribution is -2.46. The maximum atomic E-state index is 11.9. The zero-order valence-electron chi connectivity index (χ0n) is 10.7. The number of nitrogens with one attached hydrogen (secondary N) is 2. The molecule has 1 aliphatic carbocycles. The second-order valence-electron chi connectivity index (χ2n) is 5.47. The van der Waals surface area contributed by atoms with E-state index in [1.165, 1.54) is 12.8 Å². The Morgan fingerprint density at radius 2 is 2.35 bits per heavy atom. The summed E-state index contributed by atoms with van der Waals surface area (Å²) in [5, 5.41) is 6.47. The van der Waals surface area contributed by atoms with Crippen molar-refractivity contribution in [3.8, 4) is 0 Å². The van der Waals surface area contributed by atoms with E-state index in [1.54, 1.807) is 0 Å². The number of carbonyl (C=O) groups is 1. The fraction of sp³-hybridized carbons (Fsp3) is 0.923. The van der Waals surface area contributed by atoms with Gasteiger partial charge in [-0.1, -0.05) is 19.8 Å². The third-order valence-corrected chi connectivity index (χ3v) is 3.73. The van der Waals surface area contributed by atoms with Crippen LogP contribution in [0.5, 0.6) is 0 Å². The average Bonchev–Trinajstić information content (AvgIpc) is 2.30. The highest BCUT2D eigenvalue weighted by Crippen LogP contribution is 2.23. The van der Waals surface area contributed by atoms with Crippen LogP contribution in [0.4, 0.5) is 0 Å². The van der Waals surface area contributed by atoms with Crippen molar-refractivity contribution in [3.05, 3.63) is 0 Å². The molecule has 4 nitrogen and oxygen atoms in total. The van der Waals surface area contributed by atoms with Crippen molar-refractivity contribution in [2.24, 2.45) is 5.92 Å². The van der Waals surface area contributed by atoms with E-state index in [9.17, 15) is 4.79 Å². The van der Waals surface area contributed by atoms with Crippen molar-refractivity contribution in [1.82, 2.24) is 10.6 Å². The highest BCUT2D eigenvalue weighted by atomic mass is 16.5. The van der Waals surface area contributed by atoms with Gasteiger partial charge in [-0.05, 0) is 18.8 Å². The van der Waals surface area contributed by atoms with Crippen molar-refractivity contribution in [1.29, 1.82) is 0 Å². The molecule has 1 aliphatic heterocycles. The number of hydrogen-bond donors (Lipinski definition) is 2. The highest BCUT2D eigenvalue weighted by molar-refractivity contribution is 5.76. The van der Waals surface area contributed by atoms with E-state index in [-0.39, 0.29) is 11.9 Å². The number of amides is 1. The van der Waals surface area contributed by atoms with E-state index in [1.807, 2.05) is 0 Å². The Bertz CT molecular complexity index is 252. The summed E-state index contributed by atoms with van der Waals surface area (Å²) < 4.78 is 5.35. The number of rotatable bonds is 3. The van der Waals surface area contributed by atoms with E-state index in [0.29, 0.717) is 19.1 Å². The molecule has 3 atom stereocenters. The average molecular weight is 240 g/mol. The van der Waals surface area contributed by atoms with Crippen LogP contribution >= 0.6 is 0 Å². The smallest absolute Gasteiger partial charge is 0.221 e. The summed E-state index contributed by atoms with van der Waals surface area (Å²) in [5.74, 6) is 0.928. The van der Waals surface area contributed by atoms with Crippen LogP contribution in [-0.2, 0) is 9.53 Å². The van der Waals surface area contributed by atoms with Gasteiger partial charge in [0.25, 0.3) is 0 Å². The molecule has 0 aromatic carbocycles. The topological polar surface area (TPSA) is 50.4 Å². The van der Waals surface area contributed by atoms with Gasteiger partial charge in [-0.15, -0.1) is 0 Å². The first-order chi connectivity index (χ1) is 8.24. The highest BCUT2D eigenvalue weighted by Gasteiger charge is 2.22. The van der Waals surface area contributed by atoms with Crippen molar-refractivity contribution >= 4 is 5.91 Å². The Labute approximate surface area is 103 Å². The van der Waals surface area contributed by atoms with Gasteiger partial charge in [-0.3, -0.25) is 4.79 Å². The second-order valence-corrected chi connectivity index (χ2v) is 5.47. The molecule has 2 aliphatic rings. The number of hydrogen-bond acceptors (Lipinski definition) is 3. The van der Waals surface area contributed by atoms with Gasteiger partial charge in [0, 0.05) is 25.0 Å². The molecule has 2 rings (SSSR count).